The lowest BCUT2D eigenvalue weighted by molar-refractivity contribution is -0.165. The fourth-order valence-corrected chi connectivity index (χ4v) is 4.57. The highest BCUT2D eigenvalue weighted by molar-refractivity contribution is 5.83. The number of aliphatic hydroxyl groups is 2. The van der Waals surface area contributed by atoms with Gasteiger partial charge in [0.2, 0.25) is 0 Å². The molecule has 0 saturated carbocycles. The molecule has 0 bridgehead atoms. The van der Waals surface area contributed by atoms with Gasteiger partial charge in [-0.1, -0.05) is 37.3 Å². The highest BCUT2D eigenvalue weighted by Gasteiger charge is 2.33. The minimum absolute atomic E-state index is 0.00815. The van der Waals surface area contributed by atoms with E-state index in [4.69, 9.17) is 35.1 Å². The third kappa shape index (κ3) is 5.69. The van der Waals surface area contributed by atoms with Crippen LogP contribution >= 0.6 is 0 Å². The molecule has 4 aliphatic rings. The number of nitrogens with zero attached hydrogens (tertiary/aromatic N) is 4. The lowest BCUT2D eigenvalue weighted by Crippen LogP contribution is -2.39. The summed E-state index contributed by atoms with van der Waals surface area (Å²) < 4.78 is 9.39. The van der Waals surface area contributed by atoms with Crippen molar-refractivity contribution in [1.29, 1.82) is 0 Å². The van der Waals surface area contributed by atoms with E-state index >= 15 is 0 Å². The van der Waals surface area contributed by atoms with Crippen LogP contribution in [0, 0.1) is 0 Å². The molecular weight excluding hydrogens is 498 g/mol. The van der Waals surface area contributed by atoms with Gasteiger partial charge in [-0.15, -0.1) is 0 Å². The predicted molar refractivity (Wildman–Crippen MR) is 134 cm³/mol. The number of hydrogen-bond donors (Lipinski definition) is 5. The number of ether oxygens (including phenoxy) is 1. The van der Waals surface area contributed by atoms with Crippen LogP contribution in [0.1, 0.15) is 43.7 Å². The number of anilines is 1. The number of carboxylic acids is 2. The molecule has 1 aromatic carbocycles. The van der Waals surface area contributed by atoms with Crippen molar-refractivity contribution in [1.82, 2.24) is 19.1 Å². The van der Waals surface area contributed by atoms with Gasteiger partial charge in [0.25, 0.3) is 0 Å². The van der Waals surface area contributed by atoms with Crippen molar-refractivity contribution in [3.63, 3.8) is 0 Å². The molecule has 4 unspecified atom stereocenters. The second-order valence-electron chi connectivity index (χ2n) is 9.25. The van der Waals surface area contributed by atoms with Crippen molar-refractivity contribution in [3.05, 3.63) is 52.2 Å². The minimum atomic E-state index is -2.27. The van der Waals surface area contributed by atoms with Crippen LogP contribution in [0.3, 0.4) is 0 Å². The molecule has 0 amide bonds. The van der Waals surface area contributed by atoms with E-state index in [1.54, 1.807) is 4.57 Å². The number of imidazole rings is 1. The molecule has 4 aliphatic heterocycles. The average Bonchev–Trinajstić information content (AvgIpc) is 3.66. The topological polar surface area (TPSA) is 189 Å². The Morgan fingerprint density at radius 3 is 2.39 bits per heavy atom. The Morgan fingerprint density at radius 1 is 1.13 bits per heavy atom. The number of aromatic nitrogens is 4. The molecule has 13 heteroatoms. The summed E-state index contributed by atoms with van der Waals surface area (Å²) in [5.74, 6) is -1.36. The van der Waals surface area contributed by atoms with Crippen LogP contribution in [-0.4, -0.2) is 76.3 Å². The van der Waals surface area contributed by atoms with Gasteiger partial charge in [0.05, 0.1) is 0 Å². The van der Waals surface area contributed by atoms with Gasteiger partial charge in [0.1, 0.15) is 17.6 Å². The molecule has 5 rings (SSSR count). The highest BCUT2D eigenvalue weighted by atomic mass is 16.5. The smallest absolute Gasteiger partial charge is 0.335 e. The van der Waals surface area contributed by atoms with Gasteiger partial charge >= 0.3 is 17.6 Å². The first-order valence-corrected chi connectivity index (χ1v) is 12.5. The molecule has 4 heterocycles. The third-order valence-corrected chi connectivity index (χ3v) is 6.41. The maximum absolute atomic E-state index is 13.2. The first-order chi connectivity index (χ1) is 18.2. The standard InChI is InChI=1S/C21H25N5O2.C4H6O6/c1-2-10-25-20-17(23-18(24-20)16-9-6-11-28-16)19-22-15(13-26(19)21(25)27)12-14-7-4-3-5-8-14;5-1(3(7)8)2(6)4(9)10/h3-5,7-8,15-16,22H,2,6,9-13H2,1H3;1-2,5-6H,(H,7,8)(H,9,10). The molecule has 4 atom stereocenters. The van der Waals surface area contributed by atoms with Crippen LogP contribution in [0.25, 0.3) is 11.5 Å². The first-order valence-electron chi connectivity index (χ1n) is 12.5. The Labute approximate surface area is 217 Å². The van der Waals surface area contributed by atoms with Gasteiger partial charge in [-0.05, 0) is 31.2 Å². The summed E-state index contributed by atoms with van der Waals surface area (Å²) in [5, 5.41) is 36.1. The summed E-state index contributed by atoms with van der Waals surface area (Å²) in [6.07, 6.45) is -0.883. The Bertz CT molecular complexity index is 1280. The van der Waals surface area contributed by atoms with Crippen molar-refractivity contribution in [2.75, 3.05) is 11.9 Å². The Morgan fingerprint density at radius 2 is 1.82 bits per heavy atom. The number of benzene rings is 1. The van der Waals surface area contributed by atoms with Gasteiger partial charge in [-0.25, -0.2) is 24.4 Å². The van der Waals surface area contributed by atoms with E-state index in [2.05, 4.69) is 24.4 Å². The number of carbonyl (C=O) groups is 2. The molecule has 1 saturated heterocycles. The number of nitrogens with one attached hydrogen (secondary N) is 1. The summed E-state index contributed by atoms with van der Waals surface area (Å²) >= 11 is 0. The summed E-state index contributed by atoms with van der Waals surface area (Å²) in [4.78, 5) is 42.3. The van der Waals surface area contributed by atoms with Crippen LogP contribution in [-0.2, 0) is 33.8 Å². The number of fused-ring (bicyclic) bond motifs is 3. The maximum Gasteiger partial charge on any atom is 0.335 e. The van der Waals surface area contributed by atoms with Gasteiger partial charge in [0.15, 0.2) is 23.9 Å². The molecule has 1 fully saturated rings. The molecule has 0 aliphatic carbocycles. The van der Waals surface area contributed by atoms with E-state index in [9.17, 15) is 14.4 Å². The van der Waals surface area contributed by atoms with E-state index in [0.717, 1.165) is 43.8 Å². The average molecular weight is 530 g/mol. The number of aliphatic carboxylic acids is 2. The molecule has 1 aromatic rings. The fraction of sp³-hybridized carbons (Fsp3) is 0.480. The molecule has 13 nitrogen and oxygen atoms in total. The number of rotatable bonds is 8. The zero-order valence-electron chi connectivity index (χ0n) is 20.9. The number of aliphatic hydroxyl groups excluding tert-OH is 2. The van der Waals surface area contributed by atoms with Crippen LogP contribution in [0.4, 0.5) is 5.82 Å². The van der Waals surface area contributed by atoms with Gasteiger partial charge in [-0.2, -0.15) is 0 Å². The van der Waals surface area contributed by atoms with E-state index in [1.807, 2.05) is 22.8 Å². The second kappa shape index (κ2) is 11.7. The number of hydrogen-bond acceptors (Lipinski definition) is 9. The van der Waals surface area contributed by atoms with Crippen molar-refractivity contribution in [3.8, 4) is 11.5 Å². The maximum atomic E-state index is 13.2. The first kappa shape index (κ1) is 27.2. The Kier molecular flexibility index (Phi) is 8.39. The summed E-state index contributed by atoms with van der Waals surface area (Å²) in [6.45, 7) is 4.11. The van der Waals surface area contributed by atoms with E-state index in [1.165, 1.54) is 5.56 Å². The fourth-order valence-electron chi connectivity index (χ4n) is 4.57. The zero-order valence-corrected chi connectivity index (χ0v) is 20.9. The van der Waals surface area contributed by atoms with Crippen LogP contribution in [0.15, 0.2) is 35.1 Å². The number of carboxylic acid groups (broad SMARTS) is 2. The predicted octanol–water partition coefficient (Wildman–Crippen LogP) is 0.720. The Balaban J connectivity index is 0.000000289. The second-order valence-corrected chi connectivity index (χ2v) is 9.25. The SMILES string of the molecule is CCCn1c2nc(C3CCCO3)nc-2c2n(c1=O)CC(Cc1ccccc1)N2.O=C(O)C(O)C(O)C(=O)O. The summed E-state index contributed by atoms with van der Waals surface area (Å²) in [5.41, 5.74) is 2.03. The molecule has 0 radical (unpaired) electrons. The largest absolute Gasteiger partial charge is 0.479 e. The molecule has 38 heavy (non-hydrogen) atoms. The van der Waals surface area contributed by atoms with Gasteiger partial charge in [-0.3, -0.25) is 9.13 Å². The molecule has 5 N–H and O–H groups in total. The Hall–Kier alpha value is -3.81. The van der Waals surface area contributed by atoms with Crippen molar-refractivity contribution < 1.29 is 34.8 Å². The third-order valence-electron chi connectivity index (χ3n) is 6.41. The van der Waals surface area contributed by atoms with Crippen molar-refractivity contribution in [2.24, 2.45) is 0 Å². The molecule has 0 aromatic heterocycles. The normalized spacial score (nSPS) is 19.8. The van der Waals surface area contributed by atoms with Gasteiger partial charge < -0.3 is 30.5 Å². The van der Waals surface area contributed by atoms with E-state index < -0.39 is 24.1 Å². The monoisotopic (exact) mass is 529 g/mol. The zero-order chi connectivity index (χ0) is 27.4. The molecule has 0 spiro atoms. The quantitative estimate of drug-likeness (QED) is 0.276. The lowest BCUT2D eigenvalue weighted by atomic mass is 10.1. The highest BCUT2D eigenvalue weighted by Crippen LogP contribution is 2.35. The molecular formula is C25H31N5O8. The molecule has 204 valence electrons. The van der Waals surface area contributed by atoms with E-state index in [0.29, 0.717) is 24.7 Å². The van der Waals surface area contributed by atoms with Gasteiger partial charge in [0, 0.05) is 25.7 Å². The minimum Gasteiger partial charge on any atom is -0.479 e. The lowest BCUT2D eigenvalue weighted by Gasteiger charge is -2.13. The summed E-state index contributed by atoms with van der Waals surface area (Å²) in [6, 6.07) is 10.5. The van der Waals surface area contributed by atoms with Crippen molar-refractivity contribution >= 4 is 17.8 Å². The van der Waals surface area contributed by atoms with Crippen LogP contribution in [0.5, 0.6) is 0 Å². The van der Waals surface area contributed by atoms with Crippen LogP contribution < -0.4 is 11.0 Å². The van der Waals surface area contributed by atoms with Crippen molar-refractivity contribution in [2.45, 2.75) is 70.1 Å². The summed E-state index contributed by atoms with van der Waals surface area (Å²) in [7, 11) is 0. The van der Waals surface area contributed by atoms with Crippen LogP contribution in [0.2, 0.25) is 0 Å². The van der Waals surface area contributed by atoms with E-state index in [-0.39, 0.29) is 17.8 Å².